The highest BCUT2D eigenvalue weighted by Gasteiger charge is 2.38. The highest BCUT2D eigenvalue weighted by atomic mass is 19.4. The van der Waals surface area contributed by atoms with E-state index in [0.29, 0.717) is 18.7 Å². The van der Waals surface area contributed by atoms with Gasteiger partial charge < -0.3 is 25.9 Å². The summed E-state index contributed by atoms with van der Waals surface area (Å²) in [5.74, 6) is -0.797. The highest BCUT2D eigenvalue weighted by Crippen LogP contribution is 2.30. The number of imidazole rings is 1. The van der Waals surface area contributed by atoms with Gasteiger partial charge in [-0.15, -0.1) is 0 Å². The molecule has 0 fully saturated rings. The Bertz CT molecular complexity index is 1420. The Morgan fingerprint density at radius 1 is 1.03 bits per heavy atom. The number of para-hydroxylation sites is 1. The highest BCUT2D eigenvalue weighted by molar-refractivity contribution is 6.06. The predicted molar refractivity (Wildman–Crippen MR) is 137 cm³/mol. The number of hydrogen-bond donors (Lipinski definition) is 3. The number of ether oxygens (including phenoxy) is 1. The van der Waals surface area contributed by atoms with Crippen molar-refractivity contribution in [1.82, 2.24) is 14.5 Å². The summed E-state index contributed by atoms with van der Waals surface area (Å²) >= 11 is 0. The number of aromatic nitrogens is 3. The minimum absolute atomic E-state index is 0.252. The molecule has 0 unspecified atom stereocenters. The Kier molecular flexibility index (Phi) is 9.11. The number of carbonyl (C=O) groups excluding carboxylic acids is 1. The van der Waals surface area contributed by atoms with E-state index in [9.17, 15) is 18.0 Å². The quantitative estimate of drug-likeness (QED) is 0.271. The van der Waals surface area contributed by atoms with Gasteiger partial charge in [0.05, 0.1) is 18.1 Å². The molecule has 0 spiro atoms. The van der Waals surface area contributed by atoms with Gasteiger partial charge in [-0.3, -0.25) is 4.79 Å². The molecule has 2 aromatic heterocycles. The fourth-order valence-electron chi connectivity index (χ4n) is 3.95. The number of nitrogens with zero attached hydrogens (tertiary/aromatic N) is 3. The molecule has 2 heterocycles. The number of alkyl halides is 3. The third-order valence-electron chi connectivity index (χ3n) is 5.76. The standard InChI is InChI=1S/C24H27N5O2.C2HF3O2/c1-31-17-12-10-16(11-13-17)15-21-28-22-23(29(21)14-6-2-3-9-20(25)30)18-7-4-5-8-19(18)27-24(22)26;3-2(4,5)1(6)7/h4-5,7-8,10-13H,2-3,6,9,14-15H2,1H3,(H2,25,30)(H2,26,27);(H,6,7). The second kappa shape index (κ2) is 12.3. The fourth-order valence-corrected chi connectivity index (χ4v) is 3.95. The minimum atomic E-state index is -5.08. The van der Waals surface area contributed by atoms with E-state index in [-0.39, 0.29) is 5.91 Å². The number of aliphatic carboxylic acids is 1. The number of nitrogens with two attached hydrogens (primary N) is 2. The van der Waals surface area contributed by atoms with Crippen LogP contribution in [0.4, 0.5) is 19.0 Å². The number of fused-ring (bicyclic) bond motifs is 3. The van der Waals surface area contributed by atoms with Crippen molar-refractivity contribution in [2.45, 2.75) is 44.8 Å². The van der Waals surface area contributed by atoms with Crippen molar-refractivity contribution in [2.75, 3.05) is 12.8 Å². The molecule has 2 aromatic carbocycles. The summed E-state index contributed by atoms with van der Waals surface area (Å²) in [6.07, 6.45) is -1.36. The van der Waals surface area contributed by atoms with Crippen molar-refractivity contribution in [1.29, 1.82) is 0 Å². The van der Waals surface area contributed by atoms with Crippen molar-refractivity contribution in [3.8, 4) is 5.75 Å². The van der Waals surface area contributed by atoms with Crippen LogP contribution in [0.15, 0.2) is 48.5 Å². The summed E-state index contributed by atoms with van der Waals surface area (Å²) in [5, 5.41) is 8.16. The lowest BCUT2D eigenvalue weighted by atomic mass is 10.1. The monoisotopic (exact) mass is 531 g/mol. The second-order valence-electron chi connectivity index (χ2n) is 8.50. The number of pyridine rings is 1. The normalized spacial score (nSPS) is 11.3. The number of anilines is 1. The lowest BCUT2D eigenvalue weighted by Gasteiger charge is -2.11. The number of carbonyl (C=O) groups is 2. The van der Waals surface area contributed by atoms with E-state index >= 15 is 0 Å². The summed E-state index contributed by atoms with van der Waals surface area (Å²) in [4.78, 5) is 29.4. The summed E-state index contributed by atoms with van der Waals surface area (Å²) < 4.78 is 39.3. The predicted octanol–water partition coefficient (Wildman–Crippen LogP) is 4.45. The lowest BCUT2D eigenvalue weighted by molar-refractivity contribution is -0.192. The first kappa shape index (κ1) is 28.2. The number of carboxylic acids is 1. The zero-order valence-electron chi connectivity index (χ0n) is 20.7. The number of rotatable bonds is 9. The van der Waals surface area contributed by atoms with Crippen molar-refractivity contribution in [3.05, 3.63) is 59.9 Å². The number of unbranched alkanes of at least 4 members (excludes halogenated alkanes) is 2. The molecule has 5 N–H and O–H groups in total. The van der Waals surface area contributed by atoms with Crippen molar-refractivity contribution >= 4 is 39.6 Å². The zero-order valence-corrected chi connectivity index (χ0v) is 20.7. The smallest absolute Gasteiger partial charge is 0.490 e. The van der Waals surface area contributed by atoms with Gasteiger partial charge in [-0.05, 0) is 36.6 Å². The van der Waals surface area contributed by atoms with E-state index in [4.69, 9.17) is 31.1 Å². The Hall–Kier alpha value is -4.35. The zero-order chi connectivity index (χ0) is 27.9. The van der Waals surface area contributed by atoms with Gasteiger partial charge in [0.1, 0.15) is 17.1 Å². The second-order valence-corrected chi connectivity index (χ2v) is 8.50. The number of halogens is 3. The Morgan fingerprint density at radius 3 is 2.29 bits per heavy atom. The van der Waals surface area contributed by atoms with Crippen LogP contribution in [0.3, 0.4) is 0 Å². The maximum atomic E-state index is 11.0. The molecule has 9 nitrogen and oxygen atoms in total. The number of amides is 1. The molecule has 4 rings (SSSR count). The molecule has 0 radical (unpaired) electrons. The van der Waals surface area contributed by atoms with Crippen molar-refractivity contribution in [2.24, 2.45) is 5.73 Å². The van der Waals surface area contributed by atoms with E-state index in [1.165, 1.54) is 0 Å². The van der Waals surface area contributed by atoms with Gasteiger partial charge in [-0.2, -0.15) is 13.2 Å². The summed E-state index contributed by atoms with van der Waals surface area (Å²) in [6.45, 7) is 0.786. The van der Waals surface area contributed by atoms with Gasteiger partial charge in [-0.1, -0.05) is 36.8 Å². The number of primary amides is 1. The van der Waals surface area contributed by atoms with Crippen LogP contribution >= 0.6 is 0 Å². The summed E-state index contributed by atoms with van der Waals surface area (Å²) in [6, 6.07) is 16.0. The van der Waals surface area contributed by atoms with Crippen LogP contribution in [-0.2, 0) is 22.6 Å². The van der Waals surface area contributed by atoms with Gasteiger partial charge in [-0.25, -0.2) is 14.8 Å². The molecule has 0 saturated carbocycles. The number of carboxylic acid groups (broad SMARTS) is 1. The van der Waals surface area contributed by atoms with Crippen LogP contribution in [0, 0.1) is 0 Å². The van der Waals surface area contributed by atoms with E-state index in [0.717, 1.165) is 64.9 Å². The molecule has 12 heteroatoms. The average molecular weight is 532 g/mol. The van der Waals surface area contributed by atoms with E-state index in [1.54, 1.807) is 7.11 Å². The van der Waals surface area contributed by atoms with Crippen LogP contribution in [0.25, 0.3) is 21.9 Å². The van der Waals surface area contributed by atoms with Crippen LogP contribution in [-0.4, -0.2) is 44.8 Å². The molecular formula is C26H28F3N5O4. The van der Waals surface area contributed by atoms with Gasteiger partial charge in [0.2, 0.25) is 5.91 Å². The summed E-state index contributed by atoms with van der Waals surface area (Å²) in [5.41, 5.74) is 15.3. The molecule has 38 heavy (non-hydrogen) atoms. The number of hydrogen-bond acceptors (Lipinski definition) is 6. The minimum Gasteiger partial charge on any atom is -0.497 e. The van der Waals surface area contributed by atoms with Gasteiger partial charge >= 0.3 is 12.1 Å². The first-order valence-corrected chi connectivity index (χ1v) is 11.8. The first-order chi connectivity index (χ1) is 18.0. The van der Waals surface area contributed by atoms with Gasteiger partial charge in [0.25, 0.3) is 0 Å². The largest absolute Gasteiger partial charge is 0.497 e. The Labute approximate surface area is 216 Å². The average Bonchev–Trinajstić information content (AvgIpc) is 3.23. The maximum Gasteiger partial charge on any atom is 0.490 e. The molecule has 4 aromatic rings. The van der Waals surface area contributed by atoms with Crippen LogP contribution < -0.4 is 16.2 Å². The Morgan fingerprint density at radius 2 is 1.68 bits per heavy atom. The van der Waals surface area contributed by atoms with Crippen molar-refractivity contribution in [3.63, 3.8) is 0 Å². The number of nitrogen functional groups attached to an aromatic ring is 1. The van der Waals surface area contributed by atoms with E-state index in [1.807, 2.05) is 30.3 Å². The molecule has 0 aliphatic heterocycles. The molecule has 202 valence electrons. The summed E-state index contributed by atoms with van der Waals surface area (Å²) in [7, 11) is 1.66. The van der Waals surface area contributed by atoms with Gasteiger partial charge in [0, 0.05) is 24.8 Å². The first-order valence-electron chi connectivity index (χ1n) is 11.8. The SMILES string of the molecule is COc1ccc(Cc2nc3c(N)nc4ccccc4c3n2CCCCCC(N)=O)cc1.O=C(O)C(F)(F)F. The topological polar surface area (TPSA) is 146 Å². The van der Waals surface area contributed by atoms with Crippen molar-refractivity contribution < 1.29 is 32.6 Å². The maximum absolute atomic E-state index is 11.0. The molecule has 0 aliphatic carbocycles. The molecule has 0 bridgehead atoms. The number of methoxy groups -OCH3 is 1. The van der Waals surface area contributed by atoms with Crippen LogP contribution in [0.1, 0.15) is 37.1 Å². The van der Waals surface area contributed by atoms with E-state index < -0.39 is 12.1 Å². The fraction of sp³-hybridized carbons (Fsp3) is 0.308. The Balaban J connectivity index is 0.000000505. The van der Waals surface area contributed by atoms with Gasteiger partial charge in [0.15, 0.2) is 5.82 Å². The molecule has 0 aliphatic rings. The molecule has 1 amide bonds. The molecular weight excluding hydrogens is 503 g/mol. The molecule has 0 saturated heterocycles. The number of aryl methyl sites for hydroxylation is 1. The number of benzene rings is 2. The lowest BCUT2D eigenvalue weighted by Crippen LogP contribution is -2.21. The third kappa shape index (κ3) is 7.11. The van der Waals surface area contributed by atoms with Crippen LogP contribution in [0.2, 0.25) is 0 Å². The van der Waals surface area contributed by atoms with E-state index in [2.05, 4.69) is 27.8 Å². The third-order valence-corrected chi connectivity index (χ3v) is 5.76. The molecule has 0 atom stereocenters. The van der Waals surface area contributed by atoms with Crippen LogP contribution in [0.5, 0.6) is 5.75 Å².